The van der Waals surface area contributed by atoms with Gasteiger partial charge in [0.05, 0.1) is 12.2 Å². The Balaban J connectivity index is 2.44. The molecule has 6 nitrogen and oxygen atoms in total. The number of esters is 1. The summed E-state index contributed by atoms with van der Waals surface area (Å²) in [4.78, 5) is 23.2. The number of halogens is 1. The number of benzene rings is 1. The van der Waals surface area contributed by atoms with Crippen molar-refractivity contribution in [1.29, 1.82) is 0 Å². The van der Waals surface area contributed by atoms with Gasteiger partial charge in [0.25, 0.3) is 5.78 Å². The highest BCUT2D eigenvalue weighted by Crippen LogP contribution is 2.45. The number of rotatable bonds is 3. The van der Waals surface area contributed by atoms with Gasteiger partial charge < -0.3 is 19.3 Å². The summed E-state index contributed by atoms with van der Waals surface area (Å²) in [6.07, 6.45) is 0. The second-order valence-electron chi connectivity index (χ2n) is 3.66. The molecule has 1 aliphatic rings. The Morgan fingerprint density at radius 3 is 2.79 bits per heavy atom. The predicted octanol–water partition coefficient (Wildman–Crippen LogP) is 1.67. The maximum absolute atomic E-state index is 11.8. The monoisotopic (exact) mass is 330 g/mol. The third-order valence-electron chi connectivity index (χ3n) is 2.45. The van der Waals surface area contributed by atoms with E-state index >= 15 is 0 Å². The number of phenolic OH excluding ortho intramolecular Hbond substituents is 1. The molecule has 0 aromatic heterocycles. The molecule has 0 spiro atoms. The molecule has 0 saturated carbocycles. The highest BCUT2D eigenvalue weighted by atomic mass is 79.9. The predicted molar refractivity (Wildman–Crippen MR) is 67.8 cm³/mol. The minimum Gasteiger partial charge on any atom is -0.506 e. The van der Waals surface area contributed by atoms with E-state index in [1.807, 2.05) is 0 Å². The van der Waals surface area contributed by atoms with Gasteiger partial charge in [-0.05, 0) is 28.9 Å². The molecule has 1 aromatic carbocycles. The van der Waals surface area contributed by atoms with Gasteiger partial charge in [0, 0.05) is 0 Å². The molecular weight excluding hydrogens is 320 g/mol. The van der Waals surface area contributed by atoms with Gasteiger partial charge in [-0.25, -0.2) is 4.79 Å². The standard InChI is InChI=1S/C12H11BrO6/c1-2-17-12(16)10(15)6-5-7-11(8(13)9(6)14)19-4-3-18-7/h5,14H,2-4H2,1H3. The second-order valence-corrected chi connectivity index (χ2v) is 4.45. The van der Waals surface area contributed by atoms with E-state index in [0.717, 1.165) is 0 Å². The molecule has 7 heteroatoms. The van der Waals surface area contributed by atoms with Crippen LogP contribution in [0.15, 0.2) is 10.5 Å². The fraction of sp³-hybridized carbons (Fsp3) is 0.333. The average molecular weight is 331 g/mol. The largest absolute Gasteiger partial charge is 0.506 e. The van der Waals surface area contributed by atoms with Crippen molar-refractivity contribution in [3.05, 3.63) is 16.1 Å². The van der Waals surface area contributed by atoms with Crippen molar-refractivity contribution in [3.8, 4) is 17.2 Å². The van der Waals surface area contributed by atoms with Crippen LogP contribution >= 0.6 is 15.9 Å². The first kappa shape index (κ1) is 13.7. The van der Waals surface area contributed by atoms with Crippen LogP contribution in [0.2, 0.25) is 0 Å². The van der Waals surface area contributed by atoms with Crippen LogP contribution in [0.3, 0.4) is 0 Å². The maximum Gasteiger partial charge on any atom is 0.379 e. The first-order valence-corrected chi connectivity index (χ1v) is 6.38. The van der Waals surface area contributed by atoms with E-state index in [1.165, 1.54) is 6.07 Å². The number of Topliss-reactive ketones (excluding diaryl/α,β-unsaturated/α-hetero) is 1. The zero-order chi connectivity index (χ0) is 14.0. The van der Waals surface area contributed by atoms with Gasteiger partial charge >= 0.3 is 5.97 Å². The van der Waals surface area contributed by atoms with E-state index in [-0.39, 0.29) is 22.4 Å². The van der Waals surface area contributed by atoms with Crippen molar-refractivity contribution in [3.63, 3.8) is 0 Å². The molecule has 0 saturated heterocycles. The Bertz CT molecular complexity index is 540. The maximum atomic E-state index is 11.8. The number of aromatic hydroxyl groups is 1. The van der Waals surface area contributed by atoms with Gasteiger partial charge in [-0.3, -0.25) is 4.79 Å². The molecule has 1 heterocycles. The van der Waals surface area contributed by atoms with Gasteiger partial charge in [0.2, 0.25) is 0 Å². The highest BCUT2D eigenvalue weighted by Gasteiger charge is 2.28. The topological polar surface area (TPSA) is 82.1 Å². The number of carbonyl (C=O) groups is 2. The van der Waals surface area contributed by atoms with Crippen molar-refractivity contribution < 1.29 is 28.9 Å². The third kappa shape index (κ3) is 2.51. The van der Waals surface area contributed by atoms with Crippen LogP contribution in [0.5, 0.6) is 17.2 Å². The lowest BCUT2D eigenvalue weighted by Crippen LogP contribution is -2.20. The number of carbonyl (C=O) groups excluding carboxylic acids is 2. The molecule has 1 aliphatic heterocycles. The molecule has 19 heavy (non-hydrogen) atoms. The summed E-state index contributed by atoms with van der Waals surface area (Å²) in [5, 5.41) is 9.93. The summed E-state index contributed by atoms with van der Waals surface area (Å²) in [6.45, 7) is 2.34. The van der Waals surface area contributed by atoms with Gasteiger partial charge in [-0.1, -0.05) is 0 Å². The molecule has 1 N–H and O–H groups in total. The first-order chi connectivity index (χ1) is 9.06. The lowest BCUT2D eigenvalue weighted by atomic mass is 10.1. The third-order valence-corrected chi connectivity index (χ3v) is 3.19. The fourth-order valence-corrected chi connectivity index (χ4v) is 2.14. The molecule has 0 fully saturated rings. The Labute approximate surface area is 117 Å². The molecule has 0 bridgehead atoms. The zero-order valence-corrected chi connectivity index (χ0v) is 11.7. The van der Waals surface area contributed by atoms with Crippen LogP contribution in [0, 0.1) is 0 Å². The van der Waals surface area contributed by atoms with Crippen LogP contribution in [-0.2, 0) is 9.53 Å². The Hall–Kier alpha value is -1.76. The van der Waals surface area contributed by atoms with Crippen LogP contribution in [0.1, 0.15) is 17.3 Å². The Kier molecular flexibility index (Phi) is 3.94. The van der Waals surface area contributed by atoms with Crippen LogP contribution in [0.25, 0.3) is 0 Å². The van der Waals surface area contributed by atoms with Gasteiger partial charge in [0.15, 0.2) is 11.5 Å². The smallest absolute Gasteiger partial charge is 0.379 e. The molecule has 0 atom stereocenters. The number of hydrogen-bond acceptors (Lipinski definition) is 6. The van der Waals surface area contributed by atoms with Crippen LogP contribution < -0.4 is 9.47 Å². The Morgan fingerprint density at radius 2 is 2.11 bits per heavy atom. The van der Waals surface area contributed by atoms with E-state index in [0.29, 0.717) is 24.7 Å². The van der Waals surface area contributed by atoms with E-state index in [1.54, 1.807) is 6.92 Å². The van der Waals surface area contributed by atoms with Gasteiger partial charge in [-0.2, -0.15) is 0 Å². The van der Waals surface area contributed by atoms with Crippen molar-refractivity contribution in [1.82, 2.24) is 0 Å². The summed E-state index contributed by atoms with van der Waals surface area (Å²) >= 11 is 3.11. The lowest BCUT2D eigenvalue weighted by Gasteiger charge is -2.21. The number of fused-ring (bicyclic) bond motifs is 1. The second kappa shape index (κ2) is 5.48. The summed E-state index contributed by atoms with van der Waals surface area (Å²) < 4.78 is 15.4. The first-order valence-electron chi connectivity index (χ1n) is 5.58. The summed E-state index contributed by atoms with van der Waals surface area (Å²) in [5.74, 6) is -1.73. The molecule has 0 radical (unpaired) electrons. The van der Waals surface area contributed by atoms with Crippen LogP contribution in [-0.4, -0.2) is 36.7 Å². The van der Waals surface area contributed by atoms with E-state index in [4.69, 9.17) is 9.47 Å². The molecule has 0 aliphatic carbocycles. The fourth-order valence-electron chi connectivity index (χ4n) is 1.62. The number of ether oxygens (including phenoxy) is 3. The molecule has 0 amide bonds. The summed E-state index contributed by atoms with van der Waals surface area (Å²) in [6, 6.07) is 1.27. The zero-order valence-electron chi connectivity index (χ0n) is 10.1. The molecular formula is C12H11BrO6. The van der Waals surface area contributed by atoms with Crippen molar-refractivity contribution in [2.24, 2.45) is 0 Å². The summed E-state index contributed by atoms with van der Waals surface area (Å²) in [7, 11) is 0. The Morgan fingerprint density at radius 1 is 1.42 bits per heavy atom. The van der Waals surface area contributed by atoms with Crippen molar-refractivity contribution in [2.75, 3.05) is 19.8 Å². The van der Waals surface area contributed by atoms with Gasteiger partial charge in [-0.15, -0.1) is 0 Å². The van der Waals surface area contributed by atoms with E-state index < -0.39 is 11.8 Å². The van der Waals surface area contributed by atoms with Gasteiger partial charge in [0.1, 0.15) is 23.4 Å². The van der Waals surface area contributed by atoms with E-state index in [9.17, 15) is 14.7 Å². The molecule has 102 valence electrons. The molecule has 1 aromatic rings. The van der Waals surface area contributed by atoms with Crippen molar-refractivity contribution in [2.45, 2.75) is 6.92 Å². The average Bonchev–Trinajstić information content (AvgIpc) is 2.42. The lowest BCUT2D eigenvalue weighted by molar-refractivity contribution is -0.137. The van der Waals surface area contributed by atoms with E-state index in [2.05, 4.69) is 20.7 Å². The van der Waals surface area contributed by atoms with Crippen molar-refractivity contribution >= 4 is 27.7 Å². The number of ketones is 1. The number of hydrogen-bond donors (Lipinski definition) is 1. The summed E-state index contributed by atoms with van der Waals surface area (Å²) in [5.41, 5.74) is -0.186. The molecule has 2 rings (SSSR count). The quantitative estimate of drug-likeness (QED) is 0.515. The highest BCUT2D eigenvalue weighted by molar-refractivity contribution is 9.10. The molecule has 0 unspecified atom stereocenters. The number of phenols is 1. The normalized spacial score (nSPS) is 12.9. The van der Waals surface area contributed by atoms with Crippen LogP contribution in [0.4, 0.5) is 0 Å². The SMILES string of the molecule is CCOC(=O)C(=O)c1cc2c(c(Br)c1O)OCCO2. The minimum absolute atomic E-state index is 0.0804. The minimum atomic E-state index is -1.03.